The standard InChI is InChI=1S/C18H13F3O/c1-22-15-8-6-12(7-9-15)16-10-13-4-2-3-5-14(13)11-17(16)18(19,20)21/h2-11H,1H3. The van der Waals surface area contributed by atoms with Gasteiger partial charge < -0.3 is 4.74 Å². The molecule has 0 saturated heterocycles. The third-order valence-corrected chi connectivity index (χ3v) is 3.59. The van der Waals surface area contributed by atoms with E-state index >= 15 is 0 Å². The zero-order valence-corrected chi connectivity index (χ0v) is 11.8. The summed E-state index contributed by atoms with van der Waals surface area (Å²) in [5.74, 6) is 0.609. The smallest absolute Gasteiger partial charge is 0.417 e. The highest BCUT2D eigenvalue weighted by Gasteiger charge is 2.34. The first-order valence-corrected chi connectivity index (χ1v) is 6.73. The van der Waals surface area contributed by atoms with E-state index in [2.05, 4.69) is 0 Å². The van der Waals surface area contributed by atoms with Gasteiger partial charge in [0, 0.05) is 0 Å². The van der Waals surface area contributed by atoms with Gasteiger partial charge in [-0.05, 0) is 46.2 Å². The Bertz CT molecular complexity index is 805. The predicted molar refractivity (Wildman–Crippen MR) is 80.9 cm³/mol. The van der Waals surface area contributed by atoms with Gasteiger partial charge in [-0.2, -0.15) is 13.2 Å². The maximum atomic E-state index is 13.4. The van der Waals surface area contributed by atoms with Crippen molar-refractivity contribution < 1.29 is 17.9 Å². The van der Waals surface area contributed by atoms with Crippen LogP contribution in [0.2, 0.25) is 0 Å². The number of methoxy groups -OCH3 is 1. The molecule has 3 rings (SSSR count). The molecule has 3 aromatic carbocycles. The molecule has 0 amide bonds. The van der Waals surface area contributed by atoms with Crippen molar-refractivity contribution in [1.82, 2.24) is 0 Å². The second kappa shape index (κ2) is 5.37. The predicted octanol–water partition coefficient (Wildman–Crippen LogP) is 5.53. The zero-order chi connectivity index (χ0) is 15.7. The first-order valence-electron chi connectivity index (χ1n) is 6.73. The summed E-state index contributed by atoms with van der Waals surface area (Å²) in [7, 11) is 1.52. The SMILES string of the molecule is COc1ccc(-c2cc3ccccc3cc2C(F)(F)F)cc1. The highest BCUT2D eigenvalue weighted by Crippen LogP contribution is 2.39. The lowest BCUT2D eigenvalue weighted by Crippen LogP contribution is -2.07. The van der Waals surface area contributed by atoms with E-state index in [1.807, 2.05) is 12.1 Å². The highest BCUT2D eigenvalue weighted by atomic mass is 19.4. The lowest BCUT2D eigenvalue weighted by molar-refractivity contribution is -0.137. The molecule has 0 N–H and O–H groups in total. The Kier molecular flexibility index (Phi) is 3.53. The highest BCUT2D eigenvalue weighted by molar-refractivity contribution is 5.89. The summed E-state index contributed by atoms with van der Waals surface area (Å²) in [4.78, 5) is 0. The number of ether oxygens (including phenoxy) is 1. The van der Waals surface area contributed by atoms with Crippen LogP contribution in [0.15, 0.2) is 60.7 Å². The maximum absolute atomic E-state index is 13.4. The summed E-state index contributed by atoms with van der Waals surface area (Å²) in [5.41, 5.74) is 0.0593. The molecule has 3 aromatic rings. The van der Waals surface area contributed by atoms with Crippen molar-refractivity contribution in [2.75, 3.05) is 7.11 Å². The Morgan fingerprint density at radius 3 is 1.95 bits per heavy atom. The van der Waals surface area contributed by atoms with Crippen LogP contribution in [0.1, 0.15) is 5.56 Å². The van der Waals surface area contributed by atoms with Crippen molar-refractivity contribution in [1.29, 1.82) is 0 Å². The van der Waals surface area contributed by atoms with Gasteiger partial charge in [0.2, 0.25) is 0 Å². The fourth-order valence-corrected chi connectivity index (χ4v) is 2.48. The lowest BCUT2D eigenvalue weighted by Gasteiger charge is -2.15. The normalized spacial score (nSPS) is 11.6. The molecule has 0 atom stereocenters. The van der Waals surface area contributed by atoms with Gasteiger partial charge in [0.25, 0.3) is 0 Å². The summed E-state index contributed by atoms with van der Waals surface area (Å²) in [6, 6.07) is 16.4. The molecule has 0 radical (unpaired) electrons. The van der Waals surface area contributed by atoms with E-state index in [4.69, 9.17) is 4.74 Å². The van der Waals surface area contributed by atoms with Crippen molar-refractivity contribution in [2.45, 2.75) is 6.18 Å². The fourth-order valence-electron chi connectivity index (χ4n) is 2.48. The van der Waals surface area contributed by atoms with Gasteiger partial charge in [-0.25, -0.2) is 0 Å². The molecule has 0 bridgehead atoms. The molecule has 112 valence electrons. The number of benzene rings is 3. The molecule has 0 saturated carbocycles. The van der Waals surface area contributed by atoms with E-state index in [1.54, 1.807) is 42.5 Å². The number of halogens is 3. The summed E-state index contributed by atoms with van der Waals surface area (Å²) in [5, 5.41) is 1.36. The molecular formula is C18H13F3O. The minimum absolute atomic E-state index is 0.175. The number of fused-ring (bicyclic) bond motifs is 1. The first-order chi connectivity index (χ1) is 10.5. The third-order valence-electron chi connectivity index (χ3n) is 3.59. The van der Waals surface area contributed by atoms with E-state index in [9.17, 15) is 13.2 Å². The molecule has 0 heterocycles. The minimum Gasteiger partial charge on any atom is -0.497 e. The van der Waals surface area contributed by atoms with Gasteiger partial charge in [0.15, 0.2) is 0 Å². The summed E-state index contributed by atoms with van der Waals surface area (Å²) in [6.45, 7) is 0. The summed E-state index contributed by atoms with van der Waals surface area (Å²) >= 11 is 0. The first kappa shape index (κ1) is 14.4. The van der Waals surface area contributed by atoms with Crippen molar-refractivity contribution in [3.8, 4) is 16.9 Å². The molecule has 4 heteroatoms. The van der Waals surface area contributed by atoms with Crippen LogP contribution in [0.4, 0.5) is 13.2 Å². The van der Waals surface area contributed by atoms with E-state index in [1.165, 1.54) is 13.2 Å². The molecule has 0 spiro atoms. The van der Waals surface area contributed by atoms with E-state index in [0.29, 0.717) is 16.7 Å². The Labute approximate surface area is 126 Å². The largest absolute Gasteiger partial charge is 0.497 e. The zero-order valence-electron chi connectivity index (χ0n) is 11.8. The van der Waals surface area contributed by atoms with Crippen molar-refractivity contribution in [3.63, 3.8) is 0 Å². The second-order valence-corrected chi connectivity index (χ2v) is 4.97. The molecule has 0 fully saturated rings. The Morgan fingerprint density at radius 2 is 1.41 bits per heavy atom. The molecule has 0 aliphatic heterocycles. The van der Waals surface area contributed by atoms with Crippen molar-refractivity contribution in [3.05, 3.63) is 66.2 Å². The minimum atomic E-state index is -4.40. The Morgan fingerprint density at radius 1 is 0.818 bits per heavy atom. The molecule has 0 aliphatic rings. The third kappa shape index (κ3) is 2.64. The van der Waals surface area contributed by atoms with E-state index in [0.717, 1.165) is 5.39 Å². The lowest BCUT2D eigenvalue weighted by atomic mass is 9.95. The molecule has 0 aliphatic carbocycles. The van der Waals surface area contributed by atoms with Crippen LogP contribution >= 0.6 is 0 Å². The van der Waals surface area contributed by atoms with E-state index < -0.39 is 11.7 Å². The number of hydrogen-bond acceptors (Lipinski definition) is 1. The van der Waals surface area contributed by atoms with Gasteiger partial charge in [0.1, 0.15) is 5.75 Å². The van der Waals surface area contributed by atoms with E-state index in [-0.39, 0.29) is 5.56 Å². The number of hydrogen-bond donors (Lipinski definition) is 0. The average molecular weight is 302 g/mol. The molecule has 22 heavy (non-hydrogen) atoms. The van der Waals surface area contributed by atoms with Crippen LogP contribution in [-0.4, -0.2) is 7.11 Å². The molecule has 1 nitrogen and oxygen atoms in total. The van der Waals surface area contributed by atoms with Gasteiger partial charge >= 0.3 is 6.18 Å². The maximum Gasteiger partial charge on any atom is 0.417 e. The molecule has 0 unspecified atom stereocenters. The van der Waals surface area contributed by atoms with Crippen LogP contribution in [0.3, 0.4) is 0 Å². The van der Waals surface area contributed by atoms with Crippen LogP contribution < -0.4 is 4.74 Å². The topological polar surface area (TPSA) is 9.23 Å². The fraction of sp³-hybridized carbons (Fsp3) is 0.111. The number of alkyl halides is 3. The Hall–Kier alpha value is -2.49. The monoisotopic (exact) mass is 302 g/mol. The quantitative estimate of drug-likeness (QED) is 0.604. The van der Waals surface area contributed by atoms with Crippen molar-refractivity contribution in [2.24, 2.45) is 0 Å². The van der Waals surface area contributed by atoms with Gasteiger partial charge in [-0.1, -0.05) is 36.4 Å². The number of rotatable bonds is 2. The van der Waals surface area contributed by atoms with Gasteiger partial charge in [-0.3, -0.25) is 0 Å². The molecular weight excluding hydrogens is 289 g/mol. The van der Waals surface area contributed by atoms with Crippen LogP contribution in [-0.2, 0) is 6.18 Å². The summed E-state index contributed by atoms with van der Waals surface area (Å²) < 4.78 is 45.2. The molecule has 0 aromatic heterocycles. The van der Waals surface area contributed by atoms with Gasteiger partial charge in [0.05, 0.1) is 12.7 Å². The van der Waals surface area contributed by atoms with Crippen LogP contribution in [0.5, 0.6) is 5.75 Å². The Balaban J connectivity index is 2.25. The van der Waals surface area contributed by atoms with Crippen LogP contribution in [0.25, 0.3) is 21.9 Å². The average Bonchev–Trinajstić information content (AvgIpc) is 2.53. The summed E-state index contributed by atoms with van der Waals surface area (Å²) in [6.07, 6.45) is -4.40. The van der Waals surface area contributed by atoms with Gasteiger partial charge in [-0.15, -0.1) is 0 Å². The van der Waals surface area contributed by atoms with Crippen LogP contribution in [0, 0.1) is 0 Å². The van der Waals surface area contributed by atoms with Crippen molar-refractivity contribution >= 4 is 10.8 Å². The second-order valence-electron chi connectivity index (χ2n) is 4.97.